The predicted octanol–water partition coefficient (Wildman–Crippen LogP) is 2.47. The quantitative estimate of drug-likeness (QED) is 0.898. The second kappa shape index (κ2) is 7.00. The number of morpholine rings is 1. The van der Waals surface area contributed by atoms with Crippen LogP contribution in [0.5, 0.6) is 0 Å². The Balaban J connectivity index is 2.31. The number of nitrogens with one attached hydrogen (secondary N) is 2. The summed E-state index contributed by atoms with van der Waals surface area (Å²) in [6.45, 7) is 9.91. The lowest BCUT2D eigenvalue weighted by Crippen LogP contribution is -2.37. The van der Waals surface area contributed by atoms with Crippen molar-refractivity contribution in [2.24, 2.45) is 5.41 Å². The van der Waals surface area contributed by atoms with Crippen LogP contribution in [-0.2, 0) is 14.3 Å². The third-order valence-electron chi connectivity index (χ3n) is 3.60. The number of anilines is 3. The second-order valence-electron chi connectivity index (χ2n) is 6.72. The van der Waals surface area contributed by atoms with Crippen LogP contribution < -0.4 is 15.5 Å². The van der Waals surface area contributed by atoms with E-state index in [-0.39, 0.29) is 11.8 Å². The summed E-state index contributed by atoms with van der Waals surface area (Å²) in [5, 5.41) is 5.78. The molecule has 6 nitrogen and oxygen atoms in total. The van der Waals surface area contributed by atoms with Crippen LogP contribution in [0.3, 0.4) is 0 Å². The van der Waals surface area contributed by atoms with E-state index in [1.807, 2.05) is 32.9 Å². The fourth-order valence-corrected chi connectivity index (χ4v) is 2.29. The van der Waals surface area contributed by atoms with E-state index in [0.29, 0.717) is 18.9 Å². The normalized spacial score (nSPS) is 15.2. The van der Waals surface area contributed by atoms with Crippen LogP contribution in [0, 0.1) is 5.41 Å². The molecule has 0 saturated carbocycles. The van der Waals surface area contributed by atoms with E-state index in [1.54, 1.807) is 6.07 Å². The molecular weight excluding hydrogens is 294 g/mol. The van der Waals surface area contributed by atoms with Gasteiger partial charge in [0.25, 0.3) is 0 Å². The molecule has 2 N–H and O–H groups in total. The summed E-state index contributed by atoms with van der Waals surface area (Å²) in [7, 11) is 0. The highest BCUT2D eigenvalue weighted by molar-refractivity contribution is 5.98. The fraction of sp³-hybridized carbons (Fsp3) is 0.529. The van der Waals surface area contributed by atoms with Crippen LogP contribution in [0.1, 0.15) is 27.7 Å². The number of hydrogen-bond acceptors (Lipinski definition) is 4. The number of amides is 2. The molecule has 2 amide bonds. The minimum absolute atomic E-state index is 0.0423. The highest BCUT2D eigenvalue weighted by Gasteiger charge is 2.23. The van der Waals surface area contributed by atoms with Gasteiger partial charge in [-0.25, -0.2) is 0 Å². The average molecular weight is 319 g/mol. The molecule has 1 aromatic carbocycles. The van der Waals surface area contributed by atoms with Crippen LogP contribution >= 0.6 is 0 Å². The molecule has 0 radical (unpaired) electrons. The summed E-state index contributed by atoms with van der Waals surface area (Å²) in [4.78, 5) is 25.7. The molecule has 0 bridgehead atoms. The van der Waals surface area contributed by atoms with E-state index < -0.39 is 5.41 Å². The number of benzene rings is 1. The molecule has 6 heteroatoms. The minimum atomic E-state index is -0.474. The Morgan fingerprint density at radius 1 is 1.13 bits per heavy atom. The first-order chi connectivity index (χ1) is 10.8. The van der Waals surface area contributed by atoms with E-state index >= 15 is 0 Å². The number of carbonyl (C=O) groups is 2. The van der Waals surface area contributed by atoms with Gasteiger partial charge in [0, 0.05) is 31.1 Å². The second-order valence-corrected chi connectivity index (χ2v) is 6.72. The van der Waals surface area contributed by atoms with Crippen molar-refractivity contribution in [1.29, 1.82) is 0 Å². The average Bonchev–Trinajstić information content (AvgIpc) is 2.48. The summed E-state index contributed by atoms with van der Waals surface area (Å²) in [6, 6.07) is 5.52. The van der Waals surface area contributed by atoms with Crippen LogP contribution in [0.25, 0.3) is 0 Å². The van der Waals surface area contributed by atoms with E-state index in [0.717, 1.165) is 24.5 Å². The first-order valence-corrected chi connectivity index (χ1v) is 7.83. The fourth-order valence-electron chi connectivity index (χ4n) is 2.29. The van der Waals surface area contributed by atoms with E-state index in [1.165, 1.54) is 6.92 Å². The van der Waals surface area contributed by atoms with E-state index in [9.17, 15) is 9.59 Å². The summed E-state index contributed by atoms with van der Waals surface area (Å²) >= 11 is 0. The lowest BCUT2D eigenvalue weighted by Gasteiger charge is -2.31. The maximum atomic E-state index is 12.3. The molecular formula is C17H25N3O3. The van der Waals surface area contributed by atoms with Crippen LogP contribution in [0.15, 0.2) is 18.2 Å². The van der Waals surface area contributed by atoms with Crippen molar-refractivity contribution in [2.45, 2.75) is 27.7 Å². The van der Waals surface area contributed by atoms with Crippen molar-refractivity contribution in [1.82, 2.24) is 0 Å². The first-order valence-electron chi connectivity index (χ1n) is 7.83. The molecule has 0 spiro atoms. The van der Waals surface area contributed by atoms with Gasteiger partial charge in [-0.05, 0) is 18.2 Å². The number of hydrogen-bond donors (Lipinski definition) is 2. The van der Waals surface area contributed by atoms with Gasteiger partial charge in [-0.1, -0.05) is 20.8 Å². The van der Waals surface area contributed by atoms with Crippen LogP contribution in [0.2, 0.25) is 0 Å². The van der Waals surface area contributed by atoms with Gasteiger partial charge in [0.1, 0.15) is 0 Å². The van der Waals surface area contributed by atoms with Crippen molar-refractivity contribution in [3.05, 3.63) is 18.2 Å². The summed E-state index contributed by atoms with van der Waals surface area (Å²) in [6.07, 6.45) is 0. The Hall–Kier alpha value is -2.08. The standard InChI is InChI=1S/C17H25N3O3/c1-12(21)18-13-5-6-14(19-16(22)17(2,3)4)15(11-13)20-7-9-23-10-8-20/h5-6,11H,7-10H2,1-4H3,(H,18,21)(H,19,22). The molecule has 126 valence electrons. The van der Waals surface area contributed by atoms with Crippen molar-refractivity contribution in [3.63, 3.8) is 0 Å². The van der Waals surface area contributed by atoms with Crippen molar-refractivity contribution in [3.8, 4) is 0 Å². The summed E-state index contributed by atoms with van der Waals surface area (Å²) in [5.41, 5.74) is 1.89. The molecule has 0 aliphatic carbocycles. The Labute approximate surface area is 137 Å². The maximum absolute atomic E-state index is 12.3. The number of rotatable bonds is 3. The van der Waals surface area contributed by atoms with Gasteiger partial charge in [0.05, 0.1) is 24.6 Å². The lowest BCUT2D eigenvalue weighted by atomic mass is 9.95. The molecule has 1 heterocycles. The van der Waals surface area contributed by atoms with Crippen molar-refractivity contribution in [2.75, 3.05) is 41.8 Å². The minimum Gasteiger partial charge on any atom is -0.378 e. The zero-order chi connectivity index (χ0) is 17.0. The molecule has 1 aliphatic rings. The highest BCUT2D eigenvalue weighted by atomic mass is 16.5. The van der Waals surface area contributed by atoms with Gasteiger partial charge in [-0.2, -0.15) is 0 Å². The molecule has 0 atom stereocenters. The highest BCUT2D eigenvalue weighted by Crippen LogP contribution is 2.31. The largest absolute Gasteiger partial charge is 0.378 e. The Morgan fingerprint density at radius 2 is 1.78 bits per heavy atom. The molecule has 2 rings (SSSR count). The Kier molecular flexibility index (Phi) is 5.26. The molecule has 0 aromatic heterocycles. The molecule has 1 aromatic rings. The van der Waals surface area contributed by atoms with E-state index in [2.05, 4.69) is 15.5 Å². The van der Waals surface area contributed by atoms with Gasteiger partial charge < -0.3 is 20.3 Å². The zero-order valence-electron chi connectivity index (χ0n) is 14.2. The third-order valence-corrected chi connectivity index (χ3v) is 3.60. The Bertz CT molecular complexity index is 587. The topological polar surface area (TPSA) is 70.7 Å². The van der Waals surface area contributed by atoms with Crippen LogP contribution in [0.4, 0.5) is 17.1 Å². The molecule has 1 fully saturated rings. The molecule has 23 heavy (non-hydrogen) atoms. The van der Waals surface area contributed by atoms with Gasteiger partial charge in [0.2, 0.25) is 11.8 Å². The maximum Gasteiger partial charge on any atom is 0.229 e. The SMILES string of the molecule is CC(=O)Nc1ccc(NC(=O)C(C)(C)C)c(N2CCOCC2)c1. The zero-order valence-corrected chi connectivity index (χ0v) is 14.2. The number of carbonyl (C=O) groups excluding carboxylic acids is 2. The number of ether oxygens (including phenoxy) is 1. The monoisotopic (exact) mass is 319 g/mol. The molecule has 0 unspecified atom stereocenters. The Morgan fingerprint density at radius 3 is 2.35 bits per heavy atom. The first kappa shape index (κ1) is 17.3. The van der Waals surface area contributed by atoms with Crippen molar-refractivity contribution >= 4 is 28.9 Å². The molecule has 1 aliphatic heterocycles. The molecule has 1 saturated heterocycles. The summed E-state index contributed by atoms with van der Waals surface area (Å²) < 4.78 is 5.39. The van der Waals surface area contributed by atoms with Gasteiger partial charge in [-0.3, -0.25) is 9.59 Å². The van der Waals surface area contributed by atoms with Crippen LogP contribution in [-0.4, -0.2) is 38.1 Å². The van der Waals surface area contributed by atoms with E-state index in [4.69, 9.17) is 4.74 Å². The number of nitrogens with zero attached hydrogens (tertiary/aromatic N) is 1. The van der Waals surface area contributed by atoms with Gasteiger partial charge >= 0.3 is 0 Å². The summed E-state index contributed by atoms with van der Waals surface area (Å²) in [5.74, 6) is -0.163. The van der Waals surface area contributed by atoms with Crippen molar-refractivity contribution < 1.29 is 14.3 Å². The van der Waals surface area contributed by atoms with Gasteiger partial charge in [0.15, 0.2) is 0 Å². The van der Waals surface area contributed by atoms with Gasteiger partial charge in [-0.15, -0.1) is 0 Å². The smallest absolute Gasteiger partial charge is 0.229 e. The third kappa shape index (κ3) is 4.69. The predicted molar refractivity (Wildman–Crippen MR) is 91.9 cm³/mol. The lowest BCUT2D eigenvalue weighted by molar-refractivity contribution is -0.123.